The number of hydrogen-bond donors (Lipinski definition) is 3. The molecule has 2 aromatic rings. The number of unbranched alkanes of at least 4 members (excludes halogenated alkanes) is 2. The average Bonchev–Trinajstić information content (AvgIpc) is 3.21. The molecule has 2 amide bonds. The zero-order valence-corrected chi connectivity index (χ0v) is 26.8. The maximum atomic E-state index is 13.2. The predicted octanol–water partition coefficient (Wildman–Crippen LogP) is 5.08. The van der Waals surface area contributed by atoms with Crippen molar-refractivity contribution in [2.24, 2.45) is 10.9 Å². The first-order valence-corrected chi connectivity index (χ1v) is 15.9. The van der Waals surface area contributed by atoms with Gasteiger partial charge in [-0.15, -0.1) is 0 Å². The molecule has 43 heavy (non-hydrogen) atoms. The molecule has 3 N–H and O–H groups in total. The molecule has 0 bridgehead atoms. The number of para-hydroxylation sites is 2. The Bertz CT molecular complexity index is 1170. The van der Waals surface area contributed by atoms with Gasteiger partial charge in [-0.25, -0.2) is 0 Å². The van der Waals surface area contributed by atoms with Gasteiger partial charge in [0.2, 0.25) is 5.91 Å². The molecule has 0 saturated heterocycles. The minimum absolute atomic E-state index is 0.00926. The van der Waals surface area contributed by atoms with E-state index in [9.17, 15) is 9.59 Å². The van der Waals surface area contributed by atoms with E-state index >= 15 is 0 Å². The fourth-order valence-corrected chi connectivity index (χ4v) is 5.21. The van der Waals surface area contributed by atoms with E-state index < -0.39 is 0 Å². The molecule has 0 spiro atoms. The van der Waals surface area contributed by atoms with E-state index in [-0.39, 0.29) is 11.8 Å². The Morgan fingerprint density at radius 1 is 1.05 bits per heavy atom. The Hall–Kier alpha value is -3.43. The van der Waals surface area contributed by atoms with Crippen molar-refractivity contribution in [3.8, 4) is 0 Å². The molecular formula is C34H53N7O2. The third-order valence-electron chi connectivity index (χ3n) is 7.96. The number of likely N-dealkylation sites (N-methyl/N-ethyl adjacent to an activating group) is 1. The van der Waals surface area contributed by atoms with Crippen LogP contribution in [0.3, 0.4) is 0 Å². The second-order valence-corrected chi connectivity index (χ2v) is 12.1. The first kappa shape index (κ1) is 34.1. The molecule has 0 saturated carbocycles. The highest BCUT2D eigenvalue weighted by Gasteiger charge is 2.18. The molecule has 0 atom stereocenters. The summed E-state index contributed by atoms with van der Waals surface area (Å²) in [6.07, 6.45) is 4.98. The highest BCUT2D eigenvalue weighted by Crippen LogP contribution is 2.24. The van der Waals surface area contributed by atoms with Crippen molar-refractivity contribution in [3.05, 3.63) is 53.6 Å². The molecule has 1 aliphatic rings. The summed E-state index contributed by atoms with van der Waals surface area (Å²) in [5, 5.41) is 9.94. The van der Waals surface area contributed by atoms with E-state index in [1.165, 1.54) is 6.42 Å². The maximum absolute atomic E-state index is 13.2. The van der Waals surface area contributed by atoms with Crippen molar-refractivity contribution in [1.82, 2.24) is 20.0 Å². The van der Waals surface area contributed by atoms with Gasteiger partial charge in [0.25, 0.3) is 5.91 Å². The number of carbonyl (C=O) groups excluding carboxylic acids is 2. The van der Waals surface area contributed by atoms with Crippen LogP contribution in [0.5, 0.6) is 0 Å². The van der Waals surface area contributed by atoms with Gasteiger partial charge in [-0.3, -0.25) is 19.5 Å². The summed E-state index contributed by atoms with van der Waals surface area (Å²) < 4.78 is 0. The Kier molecular flexibility index (Phi) is 14.5. The lowest BCUT2D eigenvalue weighted by Crippen LogP contribution is -2.35. The van der Waals surface area contributed by atoms with Crippen LogP contribution in [0.2, 0.25) is 0 Å². The summed E-state index contributed by atoms with van der Waals surface area (Å²) >= 11 is 0. The van der Waals surface area contributed by atoms with Crippen LogP contribution in [0.15, 0.2) is 47.5 Å². The highest BCUT2D eigenvalue weighted by atomic mass is 16.2. The molecule has 0 radical (unpaired) electrons. The quantitative estimate of drug-likeness (QED) is 0.165. The van der Waals surface area contributed by atoms with Gasteiger partial charge in [-0.05, 0) is 87.9 Å². The summed E-state index contributed by atoms with van der Waals surface area (Å²) in [6, 6.07) is 13.6. The second kappa shape index (κ2) is 18.3. The number of benzene rings is 2. The molecule has 3 rings (SSSR count). The largest absolute Gasteiger partial charge is 0.383 e. The van der Waals surface area contributed by atoms with Crippen LogP contribution in [0.25, 0.3) is 0 Å². The molecule has 1 aliphatic heterocycles. The normalized spacial score (nSPS) is 13.3. The van der Waals surface area contributed by atoms with E-state index in [0.29, 0.717) is 31.6 Å². The molecule has 2 aromatic carbocycles. The summed E-state index contributed by atoms with van der Waals surface area (Å²) in [5.74, 6) is 0.866. The number of anilines is 2. The standard InChI is InChI=1S/C34H53N7O2/c1-27(2)16-21-39(4)20-10-6-7-13-33(42)38-19-24-41-23-18-36-30-15-14-28(25-29(30)26-41)34(43)40(5)22-17-37-32-12-9-8-11-31(32)35-3/h8-9,11-12,14-15,25,27,36-37H,3,6-7,10,13,16-24,26H2,1-2,4-5H3,(H,38,42). The van der Waals surface area contributed by atoms with Crippen LogP contribution >= 0.6 is 0 Å². The monoisotopic (exact) mass is 591 g/mol. The lowest BCUT2D eigenvalue weighted by molar-refractivity contribution is -0.121. The van der Waals surface area contributed by atoms with Crippen molar-refractivity contribution in [1.29, 1.82) is 0 Å². The number of carbonyl (C=O) groups is 2. The molecule has 0 fully saturated rings. The van der Waals surface area contributed by atoms with Crippen LogP contribution in [-0.4, -0.2) is 99.7 Å². The molecule has 0 aromatic heterocycles. The zero-order valence-electron chi connectivity index (χ0n) is 26.8. The Morgan fingerprint density at radius 2 is 1.86 bits per heavy atom. The molecule has 0 aliphatic carbocycles. The van der Waals surface area contributed by atoms with Gasteiger partial charge in [0.1, 0.15) is 0 Å². The van der Waals surface area contributed by atoms with Crippen molar-refractivity contribution in [2.75, 3.05) is 77.1 Å². The van der Waals surface area contributed by atoms with Crippen LogP contribution in [-0.2, 0) is 11.3 Å². The number of nitrogens with one attached hydrogen (secondary N) is 3. The van der Waals surface area contributed by atoms with Gasteiger partial charge in [-0.2, -0.15) is 0 Å². The molecule has 9 nitrogen and oxygen atoms in total. The van der Waals surface area contributed by atoms with Crippen molar-refractivity contribution >= 4 is 35.6 Å². The van der Waals surface area contributed by atoms with Gasteiger partial charge in [0, 0.05) is 70.5 Å². The number of fused-ring (bicyclic) bond motifs is 1. The molecule has 9 heteroatoms. The van der Waals surface area contributed by atoms with Crippen LogP contribution in [0.1, 0.15) is 61.9 Å². The summed E-state index contributed by atoms with van der Waals surface area (Å²) in [6.45, 7) is 15.4. The number of rotatable bonds is 18. The zero-order chi connectivity index (χ0) is 31.0. The second-order valence-electron chi connectivity index (χ2n) is 12.1. The van der Waals surface area contributed by atoms with E-state index in [4.69, 9.17) is 0 Å². The summed E-state index contributed by atoms with van der Waals surface area (Å²) in [4.78, 5) is 36.1. The first-order valence-electron chi connectivity index (χ1n) is 15.9. The molecule has 0 unspecified atom stereocenters. The number of nitrogens with zero attached hydrogens (tertiary/aromatic N) is 4. The van der Waals surface area contributed by atoms with E-state index in [2.05, 4.69) is 58.4 Å². The van der Waals surface area contributed by atoms with E-state index in [1.807, 2.05) is 49.5 Å². The van der Waals surface area contributed by atoms with E-state index in [0.717, 1.165) is 87.1 Å². The topological polar surface area (TPSA) is 92.3 Å². The summed E-state index contributed by atoms with van der Waals surface area (Å²) in [7, 11) is 4.01. The van der Waals surface area contributed by atoms with Crippen LogP contribution in [0.4, 0.5) is 17.1 Å². The third kappa shape index (κ3) is 12.0. The molecule has 236 valence electrons. The predicted molar refractivity (Wildman–Crippen MR) is 180 cm³/mol. The molecular weight excluding hydrogens is 538 g/mol. The number of hydrogen-bond acceptors (Lipinski definition) is 7. The fourth-order valence-electron chi connectivity index (χ4n) is 5.21. The smallest absolute Gasteiger partial charge is 0.253 e. The Morgan fingerprint density at radius 3 is 2.65 bits per heavy atom. The van der Waals surface area contributed by atoms with Crippen molar-refractivity contribution in [2.45, 2.75) is 52.5 Å². The minimum atomic E-state index is -0.00926. The lowest BCUT2D eigenvalue weighted by Gasteiger charge is -2.21. The highest BCUT2D eigenvalue weighted by molar-refractivity contribution is 5.94. The van der Waals surface area contributed by atoms with Gasteiger partial charge in [-0.1, -0.05) is 32.4 Å². The van der Waals surface area contributed by atoms with E-state index in [1.54, 1.807) is 4.90 Å². The fraction of sp³-hybridized carbons (Fsp3) is 0.559. The van der Waals surface area contributed by atoms with Gasteiger partial charge in [0.05, 0.1) is 11.4 Å². The summed E-state index contributed by atoms with van der Waals surface area (Å²) in [5.41, 5.74) is 4.55. The average molecular weight is 592 g/mol. The minimum Gasteiger partial charge on any atom is -0.383 e. The van der Waals surface area contributed by atoms with Gasteiger partial charge in [0.15, 0.2) is 0 Å². The third-order valence-corrected chi connectivity index (χ3v) is 7.96. The lowest BCUT2D eigenvalue weighted by atomic mass is 10.1. The Balaban J connectivity index is 1.38. The first-order chi connectivity index (χ1) is 20.8. The van der Waals surface area contributed by atoms with Gasteiger partial charge < -0.3 is 25.8 Å². The van der Waals surface area contributed by atoms with Crippen molar-refractivity contribution in [3.63, 3.8) is 0 Å². The van der Waals surface area contributed by atoms with Crippen molar-refractivity contribution < 1.29 is 9.59 Å². The Labute approximate surface area is 259 Å². The number of aliphatic imine (C=N–C) groups is 1. The number of amides is 2. The van der Waals surface area contributed by atoms with Crippen LogP contribution in [0, 0.1) is 5.92 Å². The SMILES string of the molecule is C=Nc1ccccc1NCCN(C)C(=O)c1ccc2c(c1)CN(CCNC(=O)CCCCCN(C)CCC(C)C)CCN2. The van der Waals surface area contributed by atoms with Crippen LogP contribution < -0.4 is 16.0 Å². The maximum Gasteiger partial charge on any atom is 0.253 e. The van der Waals surface area contributed by atoms with Gasteiger partial charge >= 0.3 is 0 Å². The molecule has 1 heterocycles.